The number of amides is 2. The van der Waals surface area contributed by atoms with Crippen LogP contribution in [0.3, 0.4) is 0 Å². The van der Waals surface area contributed by atoms with Gasteiger partial charge in [0, 0.05) is 34.5 Å². The topological polar surface area (TPSA) is 120 Å². The zero-order valence-electron chi connectivity index (χ0n) is 39.3. The number of nitrogens with one attached hydrogen (secondary N) is 1. The Bertz CT molecular complexity index is 1750. The number of ether oxygens (including phenoxy) is 2. The predicted molar refractivity (Wildman–Crippen MR) is 257 cm³/mol. The molecule has 4 rings (SSSR count). The van der Waals surface area contributed by atoms with Crippen LogP contribution in [0.2, 0.25) is 36.3 Å². The molecule has 2 aliphatic rings. The molecule has 0 aliphatic carbocycles. The van der Waals surface area contributed by atoms with Gasteiger partial charge in [-0.15, -0.1) is 49.0 Å². The van der Waals surface area contributed by atoms with Crippen LogP contribution in [0.4, 0.5) is 17.6 Å². The van der Waals surface area contributed by atoms with Crippen molar-refractivity contribution in [1.29, 1.82) is 0 Å². The number of rotatable bonds is 15. The third kappa shape index (κ3) is 19.0. The molecule has 2 saturated heterocycles. The van der Waals surface area contributed by atoms with Gasteiger partial charge in [-0.05, 0) is 86.2 Å². The Morgan fingerprint density at radius 3 is 1.57 bits per heavy atom. The molecule has 2 aromatic heterocycles. The molecular formula is C44H71BrF4N2O8S2Si2. The second-order valence-corrected chi connectivity index (χ2v) is 30.4. The molecule has 0 spiro atoms. The van der Waals surface area contributed by atoms with Crippen molar-refractivity contribution >= 4 is 79.0 Å². The van der Waals surface area contributed by atoms with Crippen molar-refractivity contribution in [3.63, 3.8) is 0 Å². The zero-order chi connectivity index (χ0) is 49.2. The van der Waals surface area contributed by atoms with Crippen LogP contribution >= 0.6 is 38.6 Å². The summed E-state index contributed by atoms with van der Waals surface area (Å²) in [5.41, 5.74) is 0. The zero-order valence-corrected chi connectivity index (χ0v) is 44.5. The Morgan fingerprint density at radius 2 is 1.19 bits per heavy atom. The van der Waals surface area contributed by atoms with E-state index in [1.54, 1.807) is 6.07 Å². The molecule has 2 atom stereocenters. The number of aryl methyl sites for hydroxylation is 2. The van der Waals surface area contributed by atoms with Crippen molar-refractivity contribution in [2.45, 2.75) is 140 Å². The number of thiophene rings is 2. The summed E-state index contributed by atoms with van der Waals surface area (Å²) in [6.45, 7) is 33.3. The molecule has 4 heterocycles. The third-order valence-corrected chi connectivity index (χ3v) is 22.9. The summed E-state index contributed by atoms with van der Waals surface area (Å²) < 4.78 is 75.4. The standard InChI is InChI=1S/C20H31F2NO4SSi.C11H21F2NO2Si.C9H11BrO2S.2C2H4/c1-19(2,3)29(5,6)27-13-14-12-20(21,22)18(25)23(14)11-7-8-15-9-10-16(28-15)17(24)26-4;1-10(2,3)17(4,5)16-7-8-6-11(12,13)9(15)14-8;1-12-9(11)8-5-4-7(13-8)3-2-6-10;2*1-2/h9-10,14H,7-8,11-13H2,1-6H3;8H,6-7H2,1-5H3,(H,14,15);4-5H,2-3,6H2,1H3;2*1-2H2/t14-;8-;;;/m11.../s1. The monoisotopic (exact) mass is 1030 g/mol. The van der Waals surface area contributed by atoms with Crippen LogP contribution in [0.5, 0.6) is 0 Å². The first-order valence-electron chi connectivity index (χ1n) is 20.6. The Morgan fingerprint density at radius 1 is 0.762 bits per heavy atom. The molecule has 0 bridgehead atoms. The van der Waals surface area contributed by atoms with E-state index >= 15 is 0 Å². The van der Waals surface area contributed by atoms with E-state index in [-0.39, 0.29) is 35.8 Å². The highest BCUT2D eigenvalue weighted by Gasteiger charge is 2.54. The first kappa shape index (κ1) is 60.3. The second-order valence-electron chi connectivity index (χ2n) is 17.7. The molecule has 10 nitrogen and oxygen atoms in total. The van der Waals surface area contributed by atoms with Crippen molar-refractivity contribution in [3.8, 4) is 0 Å². The molecule has 2 aromatic rings. The molecule has 2 aliphatic heterocycles. The Labute approximate surface area is 391 Å². The minimum Gasteiger partial charge on any atom is -0.465 e. The smallest absolute Gasteiger partial charge is 0.348 e. The molecule has 0 radical (unpaired) electrons. The fourth-order valence-electron chi connectivity index (χ4n) is 5.30. The molecule has 0 unspecified atom stereocenters. The van der Waals surface area contributed by atoms with Gasteiger partial charge in [-0.2, -0.15) is 17.6 Å². The van der Waals surface area contributed by atoms with E-state index in [9.17, 15) is 36.7 Å². The molecule has 63 heavy (non-hydrogen) atoms. The number of halogens is 5. The highest BCUT2D eigenvalue weighted by atomic mass is 79.9. The average molecular weight is 1030 g/mol. The van der Waals surface area contributed by atoms with Crippen molar-refractivity contribution in [1.82, 2.24) is 10.2 Å². The Hall–Kier alpha value is -2.69. The van der Waals surface area contributed by atoms with E-state index in [4.69, 9.17) is 8.85 Å². The number of carbonyl (C=O) groups is 4. The SMILES string of the molecule is C=C.C=C.CC(C)(C)[Si](C)(C)OC[C@H]1CC(F)(F)C(=O)N1.COC(=O)c1ccc(CCCBr)s1.COC(=O)c1ccc(CCCN2C(=O)C(F)(F)C[C@@H]2CO[Si](C)(C)C(C)(C)C)s1. The number of hydrogen-bond donors (Lipinski definition) is 1. The first-order chi connectivity index (χ1) is 29.0. The van der Waals surface area contributed by atoms with Gasteiger partial charge in [-0.1, -0.05) is 57.5 Å². The number of nitrogens with zero attached hydrogens (tertiary/aromatic N) is 1. The van der Waals surface area contributed by atoms with Crippen molar-refractivity contribution < 1.29 is 55.1 Å². The Kier molecular flexibility index (Phi) is 25.3. The highest BCUT2D eigenvalue weighted by Crippen LogP contribution is 2.40. The lowest BCUT2D eigenvalue weighted by atomic mass is 10.2. The maximum absolute atomic E-state index is 14.1. The summed E-state index contributed by atoms with van der Waals surface area (Å²) in [5, 5.41) is 3.29. The van der Waals surface area contributed by atoms with Crippen LogP contribution in [0.25, 0.3) is 0 Å². The fourth-order valence-corrected chi connectivity index (χ4v) is 9.61. The van der Waals surface area contributed by atoms with Gasteiger partial charge in [0.1, 0.15) is 9.75 Å². The first-order valence-corrected chi connectivity index (χ1v) is 29.1. The van der Waals surface area contributed by atoms with E-state index in [2.05, 4.69) is 125 Å². The number of hydrogen-bond acceptors (Lipinski definition) is 10. The molecule has 0 saturated carbocycles. The van der Waals surface area contributed by atoms with E-state index in [1.807, 2.05) is 18.2 Å². The lowest BCUT2D eigenvalue weighted by molar-refractivity contribution is -0.148. The van der Waals surface area contributed by atoms with Gasteiger partial charge in [0.05, 0.1) is 39.5 Å². The number of esters is 2. The fraction of sp³-hybridized carbons (Fsp3) is 0.636. The summed E-state index contributed by atoms with van der Waals surface area (Å²) in [7, 11) is -1.30. The number of methoxy groups -OCH3 is 2. The average Bonchev–Trinajstić information content (AvgIpc) is 3.99. The summed E-state index contributed by atoms with van der Waals surface area (Å²) in [5.74, 6) is -9.48. The normalized spacial score (nSPS) is 18.0. The molecule has 360 valence electrons. The number of alkyl halides is 5. The van der Waals surface area contributed by atoms with Crippen LogP contribution in [0, 0.1) is 0 Å². The van der Waals surface area contributed by atoms with E-state index in [0.29, 0.717) is 22.6 Å². The van der Waals surface area contributed by atoms with Crippen LogP contribution in [-0.2, 0) is 40.8 Å². The third-order valence-electron chi connectivity index (χ3n) is 11.0. The van der Waals surface area contributed by atoms with Gasteiger partial charge >= 0.3 is 23.8 Å². The van der Waals surface area contributed by atoms with Gasteiger partial charge in [0.15, 0.2) is 16.6 Å². The van der Waals surface area contributed by atoms with Crippen LogP contribution in [0.1, 0.15) is 96.3 Å². The van der Waals surface area contributed by atoms with Crippen LogP contribution < -0.4 is 5.32 Å². The van der Waals surface area contributed by atoms with Gasteiger partial charge < -0.3 is 28.5 Å². The van der Waals surface area contributed by atoms with Gasteiger partial charge in [0.2, 0.25) is 0 Å². The maximum atomic E-state index is 14.1. The molecule has 2 amide bonds. The highest BCUT2D eigenvalue weighted by molar-refractivity contribution is 9.09. The molecular weight excluding hydrogens is 961 g/mol. The van der Waals surface area contributed by atoms with Crippen molar-refractivity contribution in [2.24, 2.45) is 0 Å². The predicted octanol–water partition coefficient (Wildman–Crippen LogP) is 11.7. The van der Waals surface area contributed by atoms with Crippen molar-refractivity contribution in [3.05, 3.63) is 70.1 Å². The number of carbonyl (C=O) groups excluding carboxylic acids is 4. The molecule has 0 aromatic carbocycles. The molecule has 1 N–H and O–H groups in total. The van der Waals surface area contributed by atoms with Gasteiger partial charge in [-0.25, -0.2) is 9.59 Å². The van der Waals surface area contributed by atoms with E-state index < -0.39 is 71.2 Å². The minimum absolute atomic E-state index is 0.0283. The Balaban J connectivity index is 0.000000958. The second kappa shape index (κ2) is 26.5. The van der Waals surface area contributed by atoms with Gasteiger partial charge in [-0.3, -0.25) is 9.59 Å². The van der Waals surface area contributed by atoms with Gasteiger partial charge in [0.25, 0.3) is 11.8 Å². The number of likely N-dealkylation sites (tertiary alicyclic amines) is 1. The maximum Gasteiger partial charge on any atom is 0.348 e. The summed E-state index contributed by atoms with van der Waals surface area (Å²) >= 11 is 6.20. The molecule has 19 heteroatoms. The van der Waals surface area contributed by atoms with E-state index in [1.165, 1.54) is 46.7 Å². The lowest BCUT2D eigenvalue weighted by Gasteiger charge is -2.37. The lowest BCUT2D eigenvalue weighted by Crippen LogP contribution is -2.45. The quantitative estimate of drug-likeness (QED) is 0.0616. The largest absolute Gasteiger partial charge is 0.465 e. The van der Waals surface area contributed by atoms with Crippen LogP contribution in [-0.4, -0.2) is 109 Å². The summed E-state index contributed by atoms with van der Waals surface area (Å²) in [6, 6.07) is 6.15. The minimum atomic E-state index is -3.33. The van der Waals surface area contributed by atoms with E-state index in [0.717, 1.165) is 23.0 Å². The summed E-state index contributed by atoms with van der Waals surface area (Å²) in [4.78, 5) is 50.4. The van der Waals surface area contributed by atoms with Crippen LogP contribution in [0.15, 0.2) is 50.6 Å². The summed E-state index contributed by atoms with van der Waals surface area (Å²) in [6.07, 6.45) is 2.31. The molecule has 2 fully saturated rings. The van der Waals surface area contributed by atoms with Crippen molar-refractivity contribution in [2.75, 3.05) is 39.3 Å².